The van der Waals surface area contributed by atoms with Crippen LogP contribution >= 0.6 is 11.6 Å². The first-order valence-electron chi connectivity index (χ1n) is 8.96. The zero-order valence-electron chi connectivity index (χ0n) is 15.3. The van der Waals surface area contributed by atoms with E-state index in [2.05, 4.69) is 10.2 Å². The van der Waals surface area contributed by atoms with E-state index >= 15 is 0 Å². The van der Waals surface area contributed by atoms with Crippen molar-refractivity contribution in [1.82, 2.24) is 10.2 Å². The largest absolute Gasteiger partial charge is 0.494 e. The molecular formula is C20H21ClF4N2O. The zero-order valence-corrected chi connectivity index (χ0v) is 16.1. The second kappa shape index (κ2) is 8.68. The molecule has 0 aliphatic carbocycles. The van der Waals surface area contributed by atoms with Crippen molar-refractivity contribution in [3.63, 3.8) is 0 Å². The zero-order chi connectivity index (χ0) is 20.3. The monoisotopic (exact) mass is 416 g/mol. The summed E-state index contributed by atoms with van der Waals surface area (Å²) in [6.45, 7) is 2.83. The number of ether oxygens (including phenoxy) is 1. The highest BCUT2D eigenvalue weighted by molar-refractivity contribution is 6.31. The molecule has 1 saturated heterocycles. The van der Waals surface area contributed by atoms with Crippen LogP contribution in [-0.4, -0.2) is 38.2 Å². The van der Waals surface area contributed by atoms with E-state index in [1.54, 1.807) is 12.1 Å². The number of methoxy groups -OCH3 is 1. The summed E-state index contributed by atoms with van der Waals surface area (Å²) in [7, 11) is 1.37. The smallest absolute Gasteiger partial charge is 0.417 e. The van der Waals surface area contributed by atoms with Gasteiger partial charge in [0.2, 0.25) is 0 Å². The average molecular weight is 417 g/mol. The molecule has 152 valence electrons. The van der Waals surface area contributed by atoms with E-state index < -0.39 is 23.6 Å². The van der Waals surface area contributed by atoms with Gasteiger partial charge in [-0.2, -0.15) is 13.2 Å². The molecule has 8 heteroatoms. The Bertz CT molecular complexity index is 820. The van der Waals surface area contributed by atoms with E-state index in [9.17, 15) is 17.6 Å². The van der Waals surface area contributed by atoms with Gasteiger partial charge >= 0.3 is 6.18 Å². The molecule has 1 atom stereocenters. The van der Waals surface area contributed by atoms with Gasteiger partial charge in [0.25, 0.3) is 0 Å². The lowest BCUT2D eigenvalue weighted by Gasteiger charge is -2.32. The molecule has 28 heavy (non-hydrogen) atoms. The van der Waals surface area contributed by atoms with Gasteiger partial charge in [-0.3, -0.25) is 4.90 Å². The molecule has 0 aromatic heterocycles. The topological polar surface area (TPSA) is 24.5 Å². The van der Waals surface area contributed by atoms with Gasteiger partial charge in [-0.25, -0.2) is 4.39 Å². The Labute approximate surface area is 166 Å². The van der Waals surface area contributed by atoms with Crippen LogP contribution in [0.1, 0.15) is 29.2 Å². The minimum atomic E-state index is -4.57. The Morgan fingerprint density at radius 2 is 1.79 bits per heavy atom. The van der Waals surface area contributed by atoms with Crippen LogP contribution in [0.4, 0.5) is 17.6 Å². The first-order valence-corrected chi connectivity index (χ1v) is 9.34. The standard InChI is InChI=1S/C20H21ClF4N2O/c1-28-18-6-4-14(12-17(18)22)19(27-9-2-7-26-8-10-27)13-3-5-16(21)15(11-13)20(23,24)25/h3-6,11-12,19,26H,2,7-10H2,1H3. The fourth-order valence-corrected chi connectivity index (χ4v) is 3.75. The fraction of sp³-hybridized carbons (Fsp3) is 0.400. The molecule has 3 nitrogen and oxygen atoms in total. The number of alkyl halides is 3. The lowest BCUT2D eigenvalue weighted by Crippen LogP contribution is -2.33. The summed E-state index contributed by atoms with van der Waals surface area (Å²) in [6.07, 6.45) is -3.72. The van der Waals surface area contributed by atoms with Crippen LogP contribution in [0.3, 0.4) is 0 Å². The molecule has 1 unspecified atom stereocenters. The summed E-state index contributed by atoms with van der Waals surface area (Å²) in [4.78, 5) is 2.06. The molecule has 0 amide bonds. The molecule has 3 rings (SSSR count). The number of nitrogens with one attached hydrogen (secondary N) is 1. The predicted octanol–water partition coefficient (Wildman–Crippen LogP) is 4.89. The van der Waals surface area contributed by atoms with Gasteiger partial charge in [-0.15, -0.1) is 0 Å². The van der Waals surface area contributed by atoms with E-state index in [4.69, 9.17) is 16.3 Å². The van der Waals surface area contributed by atoms with Crippen molar-refractivity contribution >= 4 is 11.6 Å². The minimum Gasteiger partial charge on any atom is -0.494 e. The summed E-state index contributed by atoms with van der Waals surface area (Å²) in [5, 5.41) is 2.92. The third-order valence-corrected chi connectivity index (χ3v) is 5.17. The van der Waals surface area contributed by atoms with Gasteiger partial charge in [0.1, 0.15) is 0 Å². The Balaban J connectivity index is 2.10. The Morgan fingerprint density at radius 3 is 2.46 bits per heavy atom. The van der Waals surface area contributed by atoms with E-state index in [1.165, 1.54) is 25.3 Å². The summed E-state index contributed by atoms with van der Waals surface area (Å²) >= 11 is 5.79. The number of benzene rings is 2. The lowest BCUT2D eigenvalue weighted by molar-refractivity contribution is -0.137. The van der Waals surface area contributed by atoms with Gasteiger partial charge in [0.15, 0.2) is 11.6 Å². The van der Waals surface area contributed by atoms with Crippen molar-refractivity contribution in [3.8, 4) is 5.75 Å². The molecule has 1 fully saturated rings. The lowest BCUT2D eigenvalue weighted by atomic mass is 9.95. The van der Waals surface area contributed by atoms with E-state index in [0.717, 1.165) is 19.0 Å². The van der Waals surface area contributed by atoms with Crippen molar-refractivity contribution in [1.29, 1.82) is 0 Å². The second-order valence-corrected chi connectivity index (χ2v) is 7.08. The first kappa shape index (κ1) is 20.9. The third kappa shape index (κ3) is 4.59. The fourth-order valence-electron chi connectivity index (χ4n) is 3.52. The first-order chi connectivity index (χ1) is 13.3. The molecule has 0 spiro atoms. The van der Waals surface area contributed by atoms with Crippen molar-refractivity contribution in [2.75, 3.05) is 33.3 Å². The molecule has 2 aromatic rings. The average Bonchev–Trinajstić information content (AvgIpc) is 2.92. The minimum absolute atomic E-state index is 0.0899. The normalized spacial score (nSPS) is 17.2. The van der Waals surface area contributed by atoms with Crippen molar-refractivity contribution < 1.29 is 22.3 Å². The molecule has 1 aliphatic rings. The van der Waals surface area contributed by atoms with E-state index in [1.807, 2.05) is 0 Å². The Kier molecular flexibility index (Phi) is 6.47. The van der Waals surface area contributed by atoms with Gasteiger partial charge in [0.05, 0.1) is 23.7 Å². The summed E-state index contributed by atoms with van der Waals surface area (Å²) in [5.74, 6) is -0.463. The molecule has 1 aliphatic heterocycles. The number of hydrogen-bond donors (Lipinski definition) is 1. The molecule has 0 saturated carbocycles. The highest BCUT2D eigenvalue weighted by Gasteiger charge is 2.35. The molecule has 0 radical (unpaired) electrons. The second-order valence-electron chi connectivity index (χ2n) is 6.67. The van der Waals surface area contributed by atoms with Crippen LogP contribution in [-0.2, 0) is 6.18 Å². The van der Waals surface area contributed by atoms with Crippen LogP contribution in [0.25, 0.3) is 0 Å². The summed E-state index contributed by atoms with van der Waals surface area (Å²) in [6, 6.07) is 7.86. The van der Waals surface area contributed by atoms with Crippen LogP contribution in [0.5, 0.6) is 5.75 Å². The van der Waals surface area contributed by atoms with Gasteiger partial charge in [-0.1, -0.05) is 23.7 Å². The van der Waals surface area contributed by atoms with Crippen molar-refractivity contribution in [2.45, 2.75) is 18.6 Å². The van der Waals surface area contributed by atoms with E-state index in [-0.39, 0.29) is 10.8 Å². The maximum atomic E-state index is 14.3. The number of hydrogen-bond acceptors (Lipinski definition) is 3. The quantitative estimate of drug-likeness (QED) is 0.718. The number of nitrogens with zero attached hydrogens (tertiary/aromatic N) is 1. The van der Waals surface area contributed by atoms with Crippen LogP contribution in [0.15, 0.2) is 36.4 Å². The van der Waals surface area contributed by atoms with Crippen molar-refractivity contribution in [2.24, 2.45) is 0 Å². The van der Waals surface area contributed by atoms with Crippen LogP contribution < -0.4 is 10.1 Å². The van der Waals surface area contributed by atoms with Crippen LogP contribution in [0, 0.1) is 5.82 Å². The predicted molar refractivity (Wildman–Crippen MR) is 100 cm³/mol. The highest BCUT2D eigenvalue weighted by Crippen LogP contribution is 2.39. The van der Waals surface area contributed by atoms with Gasteiger partial charge in [-0.05, 0) is 48.4 Å². The van der Waals surface area contributed by atoms with Crippen LogP contribution in [0.2, 0.25) is 5.02 Å². The maximum Gasteiger partial charge on any atom is 0.417 e. The Hall–Kier alpha value is -1.83. The summed E-state index contributed by atoms with van der Waals surface area (Å²) in [5.41, 5.74) is 0.0948. The molecule has 1 N–H and O–H groups in total. The number of rotatable bonds is 4. The van der Waals surface area contributed by atoms with Gasteiger partial charge in [0, 0.05) is 19.6 Å². The molecule has 1 heterocycles. The maximum absolute atomic E-state index is 14.3. The van der Waals surface area contributed by atoms with Gasteiger partial charge < -0.3 is 10.1 Å². The summed E-state index contributed by atoms with van der Waals surface area (Å²) < 4.78 is 59.5. The molecular weight excluding hydrogens is 396 g/mol. The molecule has 0 bridgehead atoms. The highest BCUT2D eigenvalue weighted by atomic mass is 35.5. The SMILES string of the molecule is COc1ccc(C(c2ccc(Cl)c(C(F)(F)F)c2)N2CCCNCC2)cc1F. The third-order valence-electron chi connectivity index (χ3n) is 4.84. The van der Waals surface area contributed by atoms with Crippen molar-refractivity contribution in [3.05, 3.63) is 63.9 Å². The molecule has 2 aromatic carbocycles. The number of halogens is 5. The van der Waals surface area contributed by atoms with E-state index in [0.29, 0.717) is 30.8 Å². The Morgan fingerprint density at radius 1 is 1.07 bits per heavy atom.